The van der Waals surface area contributed by atoms with Crippen molar-refractivity contribution in [1.82, 2.24) is 15.6 Å². The molecule has 0 bridgehead atoms. The molecule has 1 atom stereocenters. The molecule has 0 saturated carbocycles. The lowest BCUT2D eigenvalue weighted by molar-refractivity contribution is -0.125. The summed E-state index contributed by atoms with van der Waals surface area (Å²) >= 11 is 0.990. The van der Waals surface area contributed by atoms with E-state index in [1.54, 1.807) is 0 Å². The van der Waals surface area contributed by atoms with E-state index in [1.165, 1.54) is 6.20 Å². The number of aromatic carboxylic acids is 1. The Morgan fingerprint density at radius 3 is 2.20 bits per heavy atom. The van der Waals surface area contributed by atoms with E-state index in [9.17, 15) is 14.4 Å². The number of nitrogens with zero attached hydrogens (tertiary/aromatic N) is 1. The minimum atomic E-state index is -1.07. The summed E-state index contributed by atoms with van der Waals surface area (Å²) in [6.45, 7) is 5.73. The van der Waals surface area contributed by atoms with E-state index in [2.05, 4.69) is 27.8 Å². The summed E-state index contributed by atoms with van der Waals surface area (Å²) in [5.74, 6) is -1.55. The molecule has 9 heteroatoms. The molecule has 1 aliphatic carbocycles. The Hall–Kier alpha value is -3.72. The number of carboxylic acid groups (broad SMARTS) is 1. The first-order valence-electron chi connectivity index (χ1n) is 11.2. The van der Waals surface area contributed by atoms with Crippen molar-refractivity contribution in [1.29, 1.82) is 0 Å². The lowest BCUT2D eigenvalue weighted by Crippen LogP contribution is -2.53. The van der Waals surface area contributed by atoms with Crippen LogP contribution >= 0.6 is 11.3 Å². The number of hydrogen-bond donors (Lipinski definition) is 3. The van der Waals surface area contributed by atoms with Crippen molar-refractivity contribution in [2.45, 2.75) is 39.3 Å². The second-order valence-corrected chi connectivity index (χ2v) is 10.5. The fourth-order valence-electron chi connectivity index (χ4n) is 4.19. The fraction of sp³-hybridized carbons (Fsp3) is 0.308. The van der Waals surface area contributed by atoms with Gasteiger partial charge in [0.1, 0.15) is 22.5 Å². The summed E-state index contributed by atoms with van der Waals surface area (Å²) in [4.78, 5) is 40.8. The Morgan fingerprint density at radius 2 is 1.66 bits per heavy atom. The molecule has 1 aromatic heterocycles. The summed E-state index contributed by atoms with van der Waals surface area (Å²) in [7, 11) is 0. The number of aromatic nitrogens is 1. The van der Waals surface area contributed by atoms with Gasteiger partial charge in [-0.05, 0) is 27.7 Å². The number of ether oxygens (including phenoxy) is 1. The average molecular weight is 494 g/mol. The van der Waals surface area contributed by atoms with E-state index in [4.69, 9.17) is 9.84 Å². The van der Waals surface area contributed by atoms with E-state index in [0.29, 0.717) is 5.01 Å². The summed E-state index contributed by atoms with van der Waals surface area (Å²) in [5.41, 5.74) is 3.89. The van der Waals surface area contributed by atoms with Crippen LogP contribution in [0, 0.1) is 5.41 Å². The van der Waals surface area contributed by atoms with Crippen molar-refractivity contribution in [3.63, 3.8) is 0 Å². The van der Waals surface area contributed by atoms with Crippen LogP contribution in [0.1, 0.15) is 52.5 Å². The van der Waals surface area contributed by atoms with Gasteiger partial charge in [0.05, 0.1) is 12.7 Å². The molecule has 0 fully saturated rings. The molecule has 35 heavy (non-hydrogen) atoms. The topological polar surface area (TPSA) is 118 Å². The van der Waals surface area contributed by atoms with E-state index in [1.807, 2.05) is 57.2 Å². The molecular formula is C26H27N3O5S. The van der Waals surface area contributed by atoms with Crippen LogP contribution in [0.15, 0.2) is 54.7 Å². The van der Waals surface area contributed by atoms with Crippen molar-refractivity contribution in [3.05, 3.63) is 75.7 Å². The molecule has 3 N–H and O–H groups in total. The van der Waals surface area contributed by atoms with Crippen LogP contribution in [0.2, 0.25) is 0 Å². The van der Waals surface area contributed by atoms with Gasteiger partial charge >= 0.3 is 12.1 Å². The molecule has 0 radical (unpaired) electrons. The van der Waals surface area contributed by atoms with Gasteiger partial charge in [0.25, 0.3) is 0 Å². The number of alkyl carbamates (subject to hydrolysis) is 1. The first-order chi connectivity index (χ1) is 16.6. The number of carbonyl (C=O) groups excluding carboxylic acids is 2. The third-order valence-electron chi connectivity index (χ3n) is 5.91. The third kappa shape index (κ3) is 5.35. The number of benzene rings is 2. The molecule has 0 aliphatic heterocycles. The number of nitrogens with one attached hydrogen (secondary N) is 2. The molecule has 4 rings (SSSR count). The zero-order chi connectivity index (χ0) is 25.2. The summed E-state index contributed by atoms with van der Waals surface area (Å²) in [6.07, 6.45) is 0.578. The molecule has 8 nitrogen and oxygen atoms in total. The molecule has 0 saturated heterocycles. The highest BCUT2D eigenvalue weighted by molar-refractivity contribution is 7.13. The van der Waals surface area contributed by atoms with Crippen LogP contribution in [0.5, 0.6) is 0 Å². The van der Waals surface area contributed by atoms with Gasteiger partial charge in [0, 0.05) is 5.92 Å². The second kappa shape index (κ2) is 9.87. The quantitative estimate of drug-likeness (QED) is 0.449. The van der Waals surface area contributed by atoms with Crippen molar-refractivity contribution in [2.24, 2.45) is 5.41 Å². The number of thiazole rings is 1. The third-order valence-corrected chi connectivity index (χ3v) is 6.90. The van der Waals surface area contributed by atoms with Gasteiger partial charge in [-0.25, -0.2) is 14.6 Å². The van der Waals surface area contributed by atoms with E-state index in [-0.39, 0.29) is 23.9 Å². The van der Waals surface area contributed by atoms with Gasteiger partial charge in [0.15, 0.2) is 0 Å². The zero-order valence-corrected chi connectivity index (χ0v) is 20.5. The van der Waals surface area contributed by atoms with Gasteiger partial charge in [-0.15, -0.1) is 11.3 Å². The number of hydrogen-bond acceptors (Lipinski definition) is 6. The molecule has 1 aliphatic rings. The zero-order valence-electron chi connectivity index (χ0n) is 19.7. The molecule has 182 valence electrons. The van der Waals surface area contributed by atoms with E-state index < -0.39 is 29.4 Å². The van der Waals surface area contributed by atoms with Gasteiger partial charge in [0.2, 0.25) is 5.91 Å². The Labute approximate surface area is 207 Å². The normalized spacial score (nSPS) is 13.5. The second-order valence-electron chi connectivity index (χ2n) is 9.41. The molecule has 2 amide bonds. The predicted molar refractivity (Wildman–Crippen MR) is 132 cm³/mol. The summed E-state index contributed by atoms with van der Waals surface area (Å²) < 4.78 is 5.60. The molecule has 0 spiro atoms. The Bertz CT molecular complexity index is 1220. The van der Waals surface area contributed by atoms with Gasteiger partial charge < -0.3 is 20.5 Å². The van der Waals surface area contributed by atoms with Crippen molar-refractivity contribution in [3.8, 4) is 11.1 Å². The van der Waals surface area contributed by atoms with Gasteiger partial charge in [-0.2, -0.15) is 0 Å². The number of fused-ring (bicyclic) bond motifs is 3. The highest BCUT2D eigenvalue weighted by atomic mass is 32.1. The maximum atomic E-state index is 12.9. The summed E-state index contributed by atoms with van der Waals surface area (Å²) in [5, 5.41) is 14.9. The summed E-state index contributed by atoms with van der Waals surface area (Å²) in [6, 6.07) is 15.3. The molecular weight excluding hydrogens is 466 g/mol. The highest BCUT2D eigenvalue weighted by Crippen LogP contribution is 2.44. The van der Waals surface area contributed by atoms with Crippen LogP contribution in [0.25, 0.3) is 11.1 Å². The van der Waals surface area contributed by atoms with Crippen LogP contribution < -0.4 is 10.6 Å². The van der Waals surface area contributed by atoms with Crippen LogP contribution in [-0.4, -0.2) is 40.7 Å². The maximum absolute atomic E-state index is 12.9. The van der Waals surface area contributed by atoms with E-state index >= 15 is 0 Å². The van der Waals surface area contributed by atoms with Crippen LogP contribution in [0.4, 0.5) is 4.79 Å². The predicted octanol–water partition coefficient (Wildman–Crippen LogP) is 4.41. The first-order valence-corrected chi connectivity index (χ1v) is 12.0. The molecule has 1 heterocycles. The Balaban J connectivity index is 1.39. The lowest BCUT2D eigenvalue weighted by Gasteiger charge is -2.30. The lowest BCUT2D eigenvalue weighted by atomic mass is 9.86. The number of rotatable bonds is 7. The monoisotopic (exact) mass is 493 g/mol. The standard InChI is InChI=1S/C26H27N3O5S/c1-26(2,3)22(23(30)28-13-21-27-12-20(35-21)24(31)32)29-25(33)34-14-19-17-10-6-4-8-15(17)16-9-5-7-11-18(16)19/h4-12,19,22H,13-14H2,1-3H3,(H,28,30)(H,29,33)(H,31,32). The smallest absolute Gasteiger partial charge is 0.407 e. The minimum Gasteiger partial charge on any atom is -0.477 e. The number of amides is 2. The number of carboxylic acids is 1. The molecule has 3 aromatic rings. The van der Waals surface area contributed by atoms with Crippen molar-refractivity contribution in [2.75, 3.05) is 6.61 Å². The minimum absolute atomic E-state index is 0.0652. The average Bonchev–Trinajstić information content (AvgIpc) is 3.42. The van der Waals surface area contributed by atoms with Crippen molar-refractivity contribution >= 4 is 29.3 Å². The molecule has 2 aromatic carbocycles. The molecule has 1 unspecified atom stereocenters. The highest BCUT2D eigenvalue weighted by Gasteiger charge is 2.34. The van der Waals surface area contributed by atoms with Gasteiger partial charge in [-0.1, -0.05) is 69.3 Å². The largest absolute Gasteiger partial charge is 0.477 e. The Kier molecular flexibility index (Phi) is 6.88. The Morgan fingerprint density at radius 1 is 1.06 bits per heavy atom. The number of carbonyl (C=O) groups is 3. The maximum Gasteiger partial charge on any atom is 0.407 e. The van der Waals surface area contributed by atoms with Crippen LogP contribution in [-0.2, 0) is 16.1 Å². The van der Waals surface area contributed by atoms with Crippen molar-refractivity contribution < 1.29 is 24.2 Å². The SMILES string of the molecule is CC(C)(C)C(NC(=O)OCC1c2ccccc2-c2ccccc21)C(=O)NCc1ncc(C(=O)O)s1. The van der Waals surface area contributed by atoms with Crippen LogP contribution in [0.3, 0.4) is 0 Å². The first kappa shape index (κ1) is 24.4. The van der Waals surface area contributed by atoms with E-state index in [0.717, 1.165) is 33.6 Å². The fourth-order valence-corrected chi connectivity index (χ4v) is 4.89. The van der Waals surface area contributed by atoms with Gasteiger partial charge in [-0.3, -0.25) is 4.79 Å².